The number of non-ortho nitro benzene ring substituents is 1. The molecule has 1 N–H and O–H groups in total. The number of carbonyl (C=O) groups is 1. The highest BCUT2D eigenvalue weighted by molar-refractivity contribution is 6.30. The molecule has 1 heterocycles. The number of rotatable bonds is 8. The molecule has 3 rings (SSSR count). The maximum atomic E-state index is 12.8. The molecular formula is C22H21ClN4O3. The summed E-state index contributed by atoms with van der Waals surface area (Å²) in [7, 11) is 0. The lowest BCUT2D eigenvalue weighted by Crippen LogP contribution is -2.35. The van der Waals surface area contributed by atoms with Crippen molar-refractivity contribution in [2.45, 2.75) is 13.1 Å². The van der Waals surface area contributed by atoms with Crippen LogP contribution in [0.25, 0.3) is 0 Å². The van der Waals surface area contributed by atoms with Crippen LogP contribution in [0.5, 0.6) is 0 Å². The van der Waals surface area contributed by atoms with Crippen LogP contribution in [-0.2, 0) is 13.1 Å². The Morgan fingerprint density at radius 3 is 2.63 bits per heavy atom. The van der Waals surface area contributed by atoms with Crippen LogP contribution in [-0.4, -0.2) is 27.0 Å². The molecule has 30 heavy (non-hydrogen) atoms. The first-order chi connectivity index (χ1) is 14.5. The van der Waals surface area contributed by atoms with Gasteiger partial charge in [-0.15, -0.1) is 6.58 Å². The number of carbonyl (C=O) groups excluding carboxylic acids is 1. The predicted molar refractivity (Wildman–Crippen MR) is 118 cm³/mol. The fraction of sp³-hybridized carbons (Fsp3) is 0.136. The molecule has 0 aliphatic carbocycles. The number of urea groups is 1. The third kappa shape index (κ3) is 5.48. The van der Waals surface area contributed by atoms with E-state index in [1.54, 1.807) is 11.0 Å². The average molecular weight is 425 g/mol. The van der Waals surface area contributed by atoms with Crippen molar-refractivity contribution in [2.75, 3.05) is 11.9 Å². The summed E-state index contributed by atoms with van der Waals surface area (Å²) in [4.78, 5) is 24.7. The van der Waals surface area contributed by atoms with Gasteiger partial charge in [-0.25, -0.2) is 4.79 Å². The molecule has 0 bridgehead atoms. The molecule has 7 nitrogen and oxygen atoms in total. The average Bonchev–Trinajstić information content (AvgIpc) is 3.14. The summed E-state index contributed by atoms with van der Waals surface area (Å²) in [6.07, 6.45) is 3.61. The van der Waals surface area contributed by atoms with E-state index < -0.39 is 4.92 Å². The van der Waals surface area contributed by atoms with Crippen molar-refractivity contribution in [1.29, 1.82) is 0 Å². The van der Waals surface area contributed by atoms with Gasteiger partial charge in [0.15, 0.2) is 0 Å². The number of anilines is 1. The SMILES string of the molecule is C=CCN(Cc1cccn1Cc1cccc(Cl)c1)C(=O)Nc1ccc([N+](=O)[O-])cc1. The largest absolute Gasteiger partial charge is 0.345 e. The molecule has 0 saturated carbocycles. The molecule has 3 aromatic rings. The standard InChI is InChI=1S/C22H21ClN4O3/c1-2-12-26(22(28)24-19-8-10-20(11-9-19)27(29)30)16-21-7-4-13-25(21)15-17-5-3-6-18(23)14-17/h2-11,13-14H,1,12,15-16H2,(H,24,28). The number of aromatic nitrogens is 1. The Balaban J connectivity index is 1.71. The van der Waals surface area contributed by atoms with E-state index in [1.165, 1.54) is 24.3 Å². The number of hydrogen-bond donors (Lipinski definition) is 1. The third-order valence-corrected chi connectivity index (χ3v) is 4.72. The van der Waals surface area contributed by atoms with E-state index in [0.717, 1.165) is 11.3 Å². The summed E-state index contributed by atoms with van der Waals surface area (Å²) in [5.74, 6) is 0. The maximum Gasteiger partial charge on any atom is 0.322 e. The molecule has 0 aliphatic rings. The van der Waals surface area contributed by atoms with Crippen LogP contribution in [0.3, 0.4) is 0 Å². The first-order valence-corrected chi connectivity index (χ1v) is 9.64. The van der Waals surface area contributed by atoms with Crippen molar-refractivity contribution in [3.8, 4) is 0 Å². The van der Waals surface area contributed by atoms with Crippen LogP contribution in [0, 0.1) is 10.1 Å². The van der Waals surface area contributed by atoms with E-state index >= 15 is 0 Å². The topological polar surface area (TPSA) is 80.4 Å². The maximum absolute atomic E-state index is 12.8. The van der Waals surface area contributed by atoms with Gasteiger partial charge in [0.2, 0.25) is 0 Å². The van der Waals surface area contributed by atoms with Crippen LogP contribution in [0.15, 0.2) is 79.5 Å². The second-order valence-electron chi connectivity index (χ2n) is 6.66. The molecule has 0 atom stereocenters. The number of nitrogens with zero attached hydrogens (tertiary/aromatic N) is 3. The normalized spacial score (nSPS) is 10.4. The van der Waals surface area contributed by atoms with E-state index in [9.17, 15) is 14.9 Å². The quantitative estimate of drug-likeness (QED) is 0.302. The number of nitro benzene ring substituents is 1. The first kappa shape index (κ1) is 21.1. The molecule has 1 aromatic heterocycles. The zero-order valence-electron chi connectivity index (χ0n) is 16.2. The minimum Gasteiger partial charge on any atom is -0.345 e. The Labute approximate surface area is 179 Å². The predicted octanol–water partition coefficient (Wildman–Crippen LogP) is 5.32. The first-order valence-electron chi connectivity index (χ1n) is 9.26. The van der Waals surface area contributed by atoms with Crippen LogP contribution in [0.2, 0.25) is 5.02 Å². The van der Waals surface area contributed by atoms with Gasteiger partial charge in [-0.2, -0.15) is 0 Å². The lowest BCUT2D eigenvalue weighted by Gasteiger charge is -2.23. The van der Waals surface area contributed by atoms with Crippen molar-refractivity contribution in [2.24, 2.45) is 0 Å². The number of hydrogen-bond acceptors (Lipinski definition) is 3. The van der Waals surface area contributed by atoms with Gasteiger partial charge in [0.25, 0.3) is 5.69 Å². The number of amides is 2. The molecule has 154 valence electrons. The Morgan fingerprint density at radius 2 is 1.97 bits per heavy atom. The molecule has 0 radical (unpaired) electrons. The highest BCUT2D eigenvalue weighted by Gasteiger charge is 2.15. The van der Waals surface area contributed by atoms with Crippen LogP contribution in [0.4, 0.5) is 16.2 Å². The van der Waals surface area contributed by atoms with Crippen molar-refractivity contribution in [1.82, 2.24) is 9.47 Å². The molecule has 0 fully saturated rings. The molecule has 8 heteroatoms. The second-order valence-corrected chi connectivity index (χ2v) is 7.10. The summed E-state index contributed by atoms with van der Waals surface area (Å²) < 4.78 is 2.06. The zero-order chi connectivity index (χ0) is 21.5. The van der Waals surface area contributed by atoms with Crippen LogP contribution in [0.1, 0.15) is 11.3 Å². The Hall–Kier alpha value is -3.58. The molecule has 0 aliphatic heterocycles. The van der Waals surface area contributed by atoms with Crippen LogP contribution >= 0.6 is 11.6 Å². The van der Waals surface area contributed by atoms with E-state index in [-0.39, 0.29) is 11.7 Å². The lowest BCUT2D eigenvalue weighted by atomic mass is 10.2. The van der Waals surface area contributed by atoms with Gasteiger partial charge in [0.1, 0.15) is 0 Å². The van der Waals surface area contributed by atoms with Gasteiger partial charge < -0.3 is 14.8 Å². The van der Waals surface area contributed by atoms with Gasteiger partial charge in [0, 0.05) is 47.8 Å². The van der Waals surface area contributed by atoms with Crippen molar-refractivity contribution < 1.29 is 9.72 Å². The number of halogens is 1. The number of benzene rings is 2. The van der Waals surface area contributed by atoms with E-state index in [0.29, 0.717) is 30.3 Å². The molecule has 0 saturated heterocycles. The number of nitro groups is 1. The second kappa shape index (κ2) is 9.76. The molecular weight excluding hydrogens is 404 g/mol. The third-order valence-electron chi connectivity index (χ3n) is 4.48. The lowest BCUT2D eigenvalue weighted by molar-refractivity contribution is -0.384. The molecule has 0 unspecified atom stereocenters. The fourth-order valence-electron chi connectivity index (χ4n) is 3.02. The van der Waals surface area contributed by atoms with Crippen LogP contribution < -0.4 is 5.32 Å². The fourth-order valence-corrected chi connectivity index (χ4v) is 3.23. The van der Waals surface area contributed by atoms with Gasteiger partial charge in [0.05, 0.1) is 11.5 Å². The minimum absolute atomic E-state index is 0.0326. The number of nitrogens with one attached hydrogen (secondary N) is 1. The zero-order valence-corrected chi connectivity index (χ0v) is 17.0. The molecule has 2 aromatic carbocycles. The van der Waals surface area contributed by atoms with Gasteiger partial charge in [-0.3, -0.25) is 10.1 Å². The Kier molecular flexibility index (Phi) is 6.87. The Bertz CT molecular complexity index is 1050. The summed E-state index contributed by atoms with van der Waals surface area (Å²) in [5.41, 5.74) is 2.46. The van der Waals surface area contributed by atoms with Gasteiger partial charge in [-0.05, 0) is 42.0 Å². The van der Waals surface area contributed by atoms with E-state index in [1.807, 2.05) is 42.6 Å². The highest BCUT2D eigenvalue weighted by Crippen LogP contribution is 2.17. The van der Waals surface area contributed by atoms with E-state index in [2.05, 4.69) is 16.5 Å². The highest BCUT2D eigenvalue weighted by atomic mass is 35.5. The van der Waals surface area contributed by atoms with Gasteiger partial charge >= 0.3 is 6.03 Å². The van der Waals surface area contributed by atoms with Gasteiger partial charge in [-0.1, -0.05) is 29.8 Å². The van der Waals surface area contributed by atoms with Crippen molar-refractivity contribution in [3.63, 3.8) is 0 Å². The molecule has 2 amide bonds. The summed E-state index contributed by atoms with van der Waals surface area (Å²) in [6.45, 7) is 5.09. The smallest absolute Gasteiger partial charge is 0.322 e. The minimum atomic E-state index is -0.482. The monoisotopic (exact) mass is 424 g/mol. The van der Waals surface area contributed by atoms with Crippen molar-refractivity contribution in [3.05, 3.63) is 106 Å². The summed E-state index contributed by atoms with van der Waals surface area (Å²) in [5, 5.41) is 14.2. The summed E-state index contributed by atoms with van der Waals surface area (Å²) in [6, 6.07) is 16.9. The Morgan fingerprint density at radius 1 is 1.20 bits per heavy atom. The van der Waals surface area contributed by atoms with Crippen molar-refractivity contribution >= 4 is 29.0 Å². The summed E-state index contributed by atoms with van der Waals surface area (Å²) >= 11 is 6.08. The molecule has 0 spiro atoms. The van der Waals surface area contributed by atoms with E-state index in [4.69, 9.17) is 11.6 Å².